The van der Waals surface area contributed by atoms with E-state index >= 15 is 0 Å². The number of alkyl halides is 3. The fraction of sp³-hybridized carbons (Fsp3) is 0.417. The molecule has 21 heavy (non-hydrogen) atoms. The number of nitrogens with one attached hydrogen (secondary N) is 1. The summed E-state index contributed by atoms with van der Waals surface area (Å²) in [7, 11) is -4.19. The first kappa shape index (κ1) is 17.4. The number of benzene rings is 1. The molecule has 1 aromatic carbocycles. The standard InChI is InChI=1S/C12H14F3NO4S/c1-2-3-10(11(17)18)16-21(19,20)9-6-4-8(5-7-9)12(13,14)15/h4-7,10,16H,2-3H2,1H3,(H,17,18)/t10-/m1/s1. The minimum atomic E-state index is -4.57. The normalized spacial score (nSPS) is 13.9. The highest BCUT2D eigenvalue weighted by atomic mass is 32.2. The van der Waals surface area contributed by atoms with Gasteiger partial charge in [-0.3, -0.25) is 4.79 Å². The van der Waals surface area contributed by atoms with Gasteiger partial charge in [-0.25, -0.2) is 8.42 Å². The lowest BCUT2D eigenvalue weighted by atomic mass is 10.2. The topological polar surface area (TPSA) is 83.5 Å². The van der Waals surface area contributed by atoms with Gasteiger partial charge in [-0.2, -0.15) is 17.9 Å². The van der Waals surface area contributed by atoms with Crippen LogP contribution in [0.3, 0.4) is 0 Å². The summed E-state index contributed by atoms with van der Waals surface area (Å²) < 4.78 is 63.0. The number of aliphatic carboxylic acids is 1. The van der Waals surface area contributed by atoms with Crippen LogP contribution in [0.2, 0.25) is 0 Å². The number of carboxylic acid groups (broad SMARTS) is 1. The lowest BCUT2D eigenvalue weighted by Crippen LogP contribution is -2.40. The van der Waals surface area contributed by atoms with Gasteiger partial charge in [0.25, 0.3) is 0 Å². The minimum Gasteiger partial charge on any atom is -0.480 e. The number of carbonyl (C=O) groups is 1. The van der Waals surface area contributed by atoms with Gasteiger partial charge in [-0.05, 0) is 30.7 Å². The van der Waals surface area contributed by atoms with Gasteiger partial charge in [-0.15, -0.1) is 0 Å². The average molecular weight is 325 g/mol. The lowest BCUT2D eigenvalue weighted by Gasteiger charge is -2.14. The van der Waals surface area contributed by atoms with E-state index in [0.29, 0.717) is 18.6 Å². The Hall–Kier alpha value is -1.61. The molecule has 0 aliphatic heterocycles. The summed E-state index contributed by atoms with van der Waals surface area (Å²) >= 11 is 0. The van der Waals surface area contributed by atoms with Crippen LogP contribution < -0.4 is 4.72 Å². The average Bonchev–Trinajstić information content (AvgIpc) is 2.37. The smallest absolute Gasteiger partial charge is 0.416 e. The van der Waals surface area contributed by atoms with Crippen LogP contribution in [-0.4, -0.2) is 25.5 Å². The molecule has 1 atom stereocenters. The molecule has 0 radical (unpaired) electrons. The lowest BCUT2D eigenvalue weighted by molar-refractivity contribution is -0.139. The fourth-order valence-corrected chi connectivity index (χ4v) is 2.82. The first-order chi connectivity index (χ1) is 9.58. The molecule has 1 aromatic rings. The molecule has 9 heteroatoms. The van der Waals surface area contributed by atoms with Crippen molar-refractivity contribution in [1.82, 2.24) is 4.72 Å². The van der Waals surface area contributed by atoms with E-state index in [1.165, 1.54) is 0 Å². The van der Waals surface area contributed by atoms with Gasteiger partial charge >= 0.3 is 12.1 Å². The van der Waals surface area contributed by atoms with Crippen LogP contribution >= 0.6 is 0 Å². The number of rotatable bonds is 6. The van der Waals surface area contributed by atoms with E-state index in [2.05, 4.69) is 0 Å². The van der Waals surface area contributed by atoms with Gasteiger partial charge in [0.1, 0.15) is 6.04 Å². The Bertz CT molecular complexity index is 596. The Morgan fingerprint density at radius 2 is 1.81 bits per heavy atom. The largest absolute Gasteiger partial charge is 0.480 e. The molecule has 0 saturated heterocycles. The zero-order chi connectivity index (χ0) is 16.3. The third kappa shape index (κ3) is 4.71. The number of hydrogen-bond donors (Lipinski definition) is 2. The first-order valence-corrected chi connectivity index (χ1v) is 7.48. The zero-order valence-corrected chi connectivity index (χ0v) is 11.8. The summed E-state index contributed by atoms with van der Waals surface area (Å²) in [5.41, 5.74) is -0.982. The predicted octanol–water partition coefficient (Wildman–Crippen LogP) is 2.24. The van der Waals surface area contributed by atoms with Gasteiger partial charge in [0.05, 0.1) is 10.5 Å². The summed E-state index contributed by atoms with van der Waals surface area (Å²) in [6.07, 6.45) is -4.05. The Kier molecular flexibility index (Phi) is 5.35. The van der Waals surface area contributed by atoms with E-state index < -0.39 is 38.7 Å². The van der Waals surface area contributed by atoms with Gasteiger partial charge in [0.2, 0.25) is 10.0 Å². The summed E-state index contributed by atoms with van der Waals surface area (Å²) in [4.78, 5) is 10.5. The second-order valence-electron chi connectivity index (χ2n) is 4.32. The Morgan fingerprint density at radius 1 is 1.29 bits per heavy atom. The third-order valence-corrected chi connectivity index (χ3v) is 4.15. The molecule has 2 N–H and O–H groups in total. The summed E-state index contributed by atoms with van der Waals surface area (Å²) in [6.45, 7) is 1.68. The van der Waals surface area contributed by atoms with Crippen LogP contribution in [0.15, 0.2) is 29.2 Å². The van der Waals surface area contributed by atoms with Crippen molar-refractivity contribution in [3.05, 3.63) is 29.8 Å². The van der Waals surface area contributed by atoms with Crippen molar-refractivity contribution >= 4 is 16.0 Å². The summed E-state index contributed by atoms with van der Waals surface area (Å²) in [5.74, 6) is -1.34. The molecule has 0 bridgehead atoms. The van der Waals surface area contributed by atoms with Gasteiger partial charge in [-0.1, -0.05) is 13.3 Å². The van der Waals surface area contributed by atoms with E-state index in [-0.39, 0.29) is 6.42 Å². The molecule has 5 nitrogen and oxygen atoms in total. The quantitative estimate of drug-likeness (QED) is 0.840. The molecule has 118 valence electrons. The molecule has 0 saturated carbocycles. The van der Waals surface area contributed by atoms with Gasteiger partial charge < -0.3 is 5.11 Å². The fourth-order valence-electron chi connectivity index (χ4n) is 1.60. The van der Waals surface area contributed by atoms with Crippen molar-refractivity contribution < 1.29 is 31.5 Å². The van der Waals surface area contributed by atoms with Crippen molar-refractivity contribution in [2.75, 3.05) is 0 Å². The maximum absolute atomic E-state index is 12.4. The second kappa shape index (κ2) is 6.44. The predicted molar refractivity (Wildman–Crippen MR) is 68.1 cm³/mol. The number of sulfonamides is 1. The Labute approximate surface area is 119 Å². The molecule has 0 aliphatic carbocycles. The van der Waals surface area contributed by atoms with Crippen LogP contribution in [0.1, 0.15) is 25.3 Å². The molecule has 1 rings (SSSR count). The number of halogens is 3. The molecular formula is C12H14F3NO4S. The van der Waals surface area contributed by atoms with Crippen molar-refractivity contribution in [3.8, 4) is 0 Å². The van der Waals surface area contributed by atoms with Crippen molar-refractivity contribution in [3.63, 3.8) is 0 Å². The maximum atomic E-state index is 12.4. The maximum Gasteiger partial charge on any atom is 0.416 e. The first-order valence-electron chi connectivity index (χ1n) is 6.00. The van der Waals surface area contributed by atoms with Crippen molar-refractivity contribution in [2.45, 2.75) is 36.9 Å². The van der Waals surface area contributed by atoms with Crippen molar-refractivity contribution in [1.29, 1.82) is 0 Å². The van der Waals surface area contributed by atoms with Gasteiger partial charge in [0.15, 0.2) is 0 Å². The van der Waals surface area contributed by atoms with Crippen LogP contribution in [-0.2, 0) is 21.0 Å². The molecule has 0 aromatic heterocycles. The monoisotopic (exact) mass is 325 g/mol. The molecule has 0 unspecified atom stereocenters. The highest BCUT2D eigenvalue weighted by molar-refractivity contribution is 7.89. The van der Waals surface area contributed by atoms with Crippen LogP contribution in [0, 0.1) is 0 Å². The highest BCUT2D eigenvalue weighted by Crippen LogP contribution is 2.29. The minimum absolute atomic E-state index is 0.0786. The van der Waals surface area contributed by atoms with E-state index in [4.69, 9.17) is 5.11 Å². The molecule has 0 spiro atoms. The molecule has 0 amide bonds. The van der Waals surface area contributed by atoms with Crippen LogP contribution in [0.5, 0.6) is 0 Å². The third-order valence-electron chi connectivity index (χ3n) is 2.66. The zero-order valence-electron chi connectivity index (χ0n) is 11.0. The van der Waals surface area contributed by atoms with Crippen molar-refractivity contribution in [2.24, 2.45) is 0 Å². The molecule has 0 fully saturated rings. The Morgan fingerprint density at radius 3 is 2.19 bits per heavy atom. The van der Waals surface area contributed by atoms with Gasteiger partial charge in [0, 0.05) is 0 Å². The highest BCUT2D eigenvalue weighted by Gasteiger charge is 2.31. The number of carboxylic acids is 1. The molecule has 0 aliphatic rings. The molecular weight excluding hydrogens is 311 g/mol. The van der Waals surface area contributed by atoms with Crippen LogP contribution in [0.25, 0.3) is 0 Å². The second-order valence-corrected chi connectivity index (χ2v) is 6.04. The van der Waals surface area contributed by atoms with E-state index in [0.717, 1.165) is 12.1 Å². The van der Waals surface area contributed by atoms with E-state index in [1.807, 2.05) is 4.72 Å². The Balaban J connectivity index is 3.00. The summed E-state index contributed by atoms with van der Waals surface area (Å²) in [5, 5.41) is 8.89. The van der Waals surface area contributed by atoms with E-state index in [9.17, 15) is 26.4 Å². The molecule has 0 heterocycles. The number of hydrogen-bond acceptors (Lipinski definition) is 3. The SMILES string of the molecule is CCC[C@@H](NS(=O)(=O)c1ccc(C(F)(F)F)cc1)C(=O)O. The van der Waals surface area contributed by atoms with E-state index in [1.54, 1.807) is 6.92 Å². The van der Waals surface area contributed by atoms with Crippen LogP contribution in [0.4, 0.5) is 13.2 Å². The summed E-state index contributed by atoms with van der Waals surface area (Å²) in [6, 6.07) is 1.52.